The molecule has 0 spiro atoms. The van der Waals surface area contributed by atoms with Gasteiger partial charge in [-0.05, 0) is 36.4 Å². The fraction of sp³-hybridized carbons (Fsp3) is 0.231. The lowest BCUT2D eigenvalue weighted by atomic mass is 10.2. The molecular weight excluding hydrogens is 216 g/mol. The lowest BCUT2D eigenvalue weighted by molar-refractivity contribution is 0.415. The molecule has 1 unspecified atom stereocenters. The minimum Gasteiger partial charge on any atom is -0.497 e. The Hall–Kier alpha value is -1.94. The molecule has 3 N–H and O–H groups in total. The molecule has 2 rings (SSSR count). The van der Waals surface area contributed by atoms with Crippen LogP contribution in [0.25, 0.3) is 0 Å². The molecule has 0 aliphatic carbocycles. The first-order valence-electron chi connectivity index (χ1n) is 5.47. The van der Waals surface area contributed by atoms with Crippen molar-refractivity contribution in [2.45, 2.75) is 6.04 Å². The zero-order valence-electron chi connectivity index (χ0n) is 9.72. The van der Waals surface area contributed by atoms with Gasteiger partial charge in [0.15, 0.2) is 0 Å². The van der Waals surface area contributed by atoms with E-state index >= 15 is 0 Å². The second kappa shape index (κ2) is 5.41. The van der Waals surface area contributed by atoms with Crippen LogP contribution in [0.2, 0.25) is 0 Å². The Kier molecular flexibility index (Phi) is 3.67. The van der Waals surface area contributed by atoms with Crippen molar-refractivity contribution >= 4 is 5.69 Å². The third kappa shape index (κ3) is 2.79. The Morgan fingerprint density at radius 2 is 2.06 bits per heavy atom. The highest BCUT2D eigenvalue weighted by Crippen LogP contribution is 2.21. The molecule has 17 heavy (non-hydrogen) atoms. The number of methoxy groups -OCH3 is 1. The average molecular weight is 232 g/mol. The summed E-state index contributed by atoms with van der Waals surface area (Å²) in [6.07, 6.45) is 1.65. The van der Waals surface area contributed by atoms with Gasteiger partial charge in [0.25, 0.3) is 0 Å². The van der Waals surface area contributed by atoms with E-state index in [-0.39, 0.29) is 6.04 Å². The van der Waals surface area contributed by atoms with Crippen molar-refractivity contribution in [3.8, 4) is 5.75 Å². The summed E-state index contributed by atoms with van der Waals surface area (Å²) in [6, 6.07) is 11.4. The molecule has 2 aromatic rings. The Balaban J connectivity index is 2.07. The lowest BCUT2D eigenvalue weighted by Crippen LogP contribution is -2.19. The largest absolute Gasteiger partial charge is 0.497 e. The predicted octanol–water partition coefficient (Wildman–Crippen LogP) is 2.40. The molecule has 0 aliphatic heterocycles. The Morgan fingerprint density at radius 1 is 1.29 bits per heavy atom. The summed E-state index contributed by atoms with van der Waals surface area (Å²) >= 11 is 0. The molecule has 0 aliphatic rings. The topological polar surface area (TPSA) is 60.4 Å². The number of nitrogens with one attached hydrogen (secondary N) is 1. The molecule has 1 atom stereocenters. The van der Waals surface area contributed by atoms with Gasteiger partial charge < -0.3 is 20.2 Å². The Morgan fingerprint density at radius 3 is 2.59 bits per heavy atom. The first kappa shape index (κ1) is 11.5. The number of benzene rings is 1. The van der Waals surface area contributed by atoms with Crippen LogP contribution in [0.1, 0.15) is 11.8 Å². The van der Waals surface area contributed by atoms with Crippen molar-refractivity contribution in [3.63, 3.8) is 0 Å². The van der Waals surface area contributed by atoms with E-state index in [0.29, 0.717) is 6.54 Å². The smallest absolute Gasteiger partial charge is 0.127 e. The van der Waals surface area contributed by atoms with E-state index in [9.17, 15) is 0 Å². The number of nitrogens with two attached hydrogens (primary N) is 1. The van der Waals surface area contributed by atoms with Gasteiger partial charge >= 0.3 is 0 Å². The highest BCUT2D eigenvalue weighted by molar-refractivity contribution is 5.47. The highest BCUT2D eigenvalue weighted by Gasteiger charge is 2.11. The van der Waals surface area contributed by atoms with Gasteiger partial charge in [-0.3, -0.25) is 0 Å². The van der Waals surface area contributed by atoms with Crippen molar-refractivity contribution in [2.75, 3.05) is 19.0 Å². The monoisotopic (exact) mass is 232 g/mol. The predicted molar refractivity (Wildman–Crippen MR) is 67.1 cm³/mol. The van der Waals surface area contributed by atoms with Gasteiger partial charge in [-0.2, -0.15) is 0 Å². The summed E-state index contributed by atoms with van der Waals surface area (Å²) in [6.45, 7) is 0.472. The molecule has 0 amide bonds. The molecule has 0 radical (unpaired) electrons. The number of furan rings is 1. The van der Waals surface area contributed by atoms with Crippen LogP contribution in [0.4, 0.5) is 5.69 Å². The van der Waals surface area contributed by atoms with E-state index in [2.05, 4.69) is 5.32 Å². The van der Waals surface area contributed by atoms with Crippen molar-refractivity contribution in [1.82, 2.24) is 0 Å². The van der Waals surface area contributed by atoms with Crippen molar-refractivity contribution < 1.29 is 9.15 Å². The number of rotatable bonds is 5. The van der Waals surface area contributed by atoms with Crippen LogP contribution in [-0.4, -0.2) is 13.7 Å². The van der Waals surface area contributed by atoms with E-state index < -0.39 is 0 Å². The summed E-state index contributed by atoms with van der Waals surface area (Å²) in [5.74, 6) is 1.67. The van der Waals surface area contributed by atoms with Gasteiger partial charge in [-0.15, -0.1) is 0 Å². The fourth-order valence-corrected chi connectivity index (χ4v) is 1.62. The number of hydrogen-bond donors (Lipinski definition) is 2. The van der Waals surface area contributed by atoms with Gasteiger partial charge in [0.1, 0.15) is 11.5 Å². The maximum atomic E-state index is 5.72. The molecule has 1 aromatic carbocycles. The number of anilines is 1. The molecule has 1 heterocycles. The number of hydrogen-bond acceptors (Lipinski definition) is 4. The van der Waals surface area contributed by atoms with Gasteiger partial charge in [0.2, 0.25) is 0 Å². The quantitative estimate of drug-likeness (QED) is 0.831. The summed E-state index contributed by atoms with van der Waals surface area (Å²) in [5.41, 5.74) is 6.70. The van der Waals surface area contributed by atoms with Crippen LogP contribution >= 0.6 is 0 Å². The standard InChI is InChI=1S/C13H16N2O2/c1-16-11-6-4-10(5-7-11)15-12(9-14)13-3-2-8-17-13/h2-8,12,15H,9,14H2,1H3. The second-order valence-corrected chi connectivity index (χ2v) is 3.68. The third-order valence-corrected chi connectivity index (χ3v) is 2.55. The lowest BCUT2D eigenvalue weighted by Gasteiger charge is -2.16. The van der Waals surface area contributed by atoms with Gasteiger partial charge in [0.05, 0.1) is 19.4 Å². The van der Waals surface area contributed by atoms with Crippen molar-refractivity contribution in [1.29, 1.82) is 0 Å². The number of ether oxygens (including phenoxy) is 1. The maximum absolute atomic E-state index is 5.72. The summed E-state index contributed by atoms with van der Waals surface area (Å²) in [5, 5.41) is 3.31. The van der Waals surface area contributed by atoms with Crippen LogP contribution < -0.4 is 15.8 Å². The second-order valence-electron chi connectivity index (χ2n) is 3.68. The SMILES string of the molecule is COc1ccc(NC(CN)c2ccco2)cc1. The van der Waals surface area contributed by atoms with Crippen LogP contribution in [0, 0.1) is 0 Å². The van der Waals surface area contributed by atoms with Crippen molar-refractivity contribution in [2.24, 2.45) is 5.73 Å². The molecular formula is C13H16N2O2. The minimum atomic E-state index is -0.0154. The first-order valence-corrected chi connectivity index (χ1v) is 5.47. The van der Waals surface area contributed by atoms with E-state index in [1.807, 2.05) is 36.4 Å². The van der Waals surface area contributed by atoms with E-state index in [4.69, 9.17) is 14.9 Å². The highest BCUT2D eigenvalue weighted by atomic mass is 16.5. The first-order chi connectivity index (χ1) is 8.33. The molecule has 0 fully saturated rings. The van der Waals surface area contributed by atoms with E-state index in [0.717, 1.165) is 17.2 Å². The van der Waals surface area contributed by atoms with Crippen LogP contribution in [-0.2, 0) is 0 Å². The normalized spacial score (nSPS) is 12.1. The Labute approximate surface area is 100 Å². The third-order valence-electron chi connectivity index (χ3n) is 2.55. The van der Waals surface area contributed by atoms with Gasteiger partial charge in [-0.25, -0.2) is 0 Å². The zero-order valence-corrected chi connectivity index (χ0v) is 9.72. The van der Waals surface area contributed by atoms with E-state index in [1.54, 1.807) is 13.4 Å². The van der Waals surface area contributed by atoms with Crippen molar-refractivity contribution in [3.05, 3.63) is 48.4 Å². The molecule has 0 saturated carbocycles. The maximum Gasteiger partial charge on any atom is 0.127 e. The molecule has 4 heteroatoms. The summed E-state index contributed by atoms with van der Waals surface area (Å²) < 4.78 is 10.4. The molecule has 0 saturated heterocycles. The van der Waals surface area contributed by atoms with Gasteiger partial charge in [0, 0.05) is 12.2 Å². The zero-order chi connectivity index (χ0) is 12.1. The molecule has 1 aromatic heterocycles. The van der Waals surface area contributed by atoms with Crippen LogP contribution in [0.15, 0.2) is 47.1 Å². The summed E-state index contributed by atoms with van der Waals surface area (Å²) in [7, 11) is 1.65. The minimum absolute atomic E-state index is 0.0154. The average Bonchev–Trinajstić information content (AvgIpc) is 2.90. The fourth-order valence-electron chi connectivity index (χ4n) is 1.62. The Bertz CT molecular complexity index is 437. The molecule has 0 bridgehead atoms. The molecule has 90 valence electrons. The van der Waals surface area contributed by atoms with Crippen LogP contribution in [0.3, 0.4) is 0 Å². The van der Waals surface area contributed by atoms with Gasteiger partial charge in [-0.1, -0.05) is 0 Å². The van der Waals surface area contributed by atoms with E-state index in [1.165, 1.54) is 0 Å². The molecule has 4 nitrogen and oxygen atoms in total. The summed E-state index contributed by atoms with van der Waals surface area (Å²) in [4.78, 5) is 0. The van der Waals surface area contributed by atoms with Crippen LogP contribution in [0.5, 0.6) is 5.75 Å².